The lowest BCUT2D eigenvalue weighted by Crippen LogP contribution is -2.01. The Kier molecular flexibility index (Phi) is 3.27. The van der Waals surface area contributed by atoms with Gasteiger partial charge in [-0.2, -0.15) is 0 Å². The highest BCUT2D eigenvalue weighted by Crippen LogP contribution is 2.08. The van der Waals surface area contributed by atoms with Crippen molar-refractivity contribution in [3.8, 4) is 0 Å². The molecule has 1 N–H and O–H groups in total. The predicted octanol–water partition coefficient (Wildman–Crippen LogP) is 1.63. The van der Waals surface area contributed by atoms with Crippen LogP contribution in [0.1, 0.15) is 10.4 Å². The van der Waals surface area contributed by atoms with E-state index < -0.39 is 0 Å². The normalized spacial score (nSPS) is 9.17. The monoisotopic (exact) mass is 278 g/mol. The number of nitrogens with one attached hydrogen (secondary N) is 1. The van der Waals surface area contributed by atoms with Crippen molar-refractivity contribution in [2.24, 2.45) is 0 Å². The summed E-state index contributed by atoms with van der Waals surface area (Å²) in [5.74, 6) is 0.281. The first-order valence-electron chi connectivity index (χ1n) is 3.19. The smallest absolute Gasteiger partial charge is 0.338 e. The first-order valence-corrected chi connectivity index (χ1v) is 4.27. The first kappa shape index (κ1) is 9.24. The molecular weight excluding hydrogens is 271 g/mol. The Hall–Kier alpha value is -0.850. The number of esters is 1. The summed E-state index contributed by atoms with van der Waals surface area (Å²) in [5.41, 5.74) is 0.492. The van der Waals surface area contributed by atoms with Crippen LogP contribution in [-0.4, -0.2) is 18.1 Å². The van der Waals surface area contributed by atoms with E-state index in [9.17, 15) is 4.79 Å². The number of methoxy groups -OCH3 is 1. The lowest BCUT2D eigenvalue weighted by Gasteiger charge is -2.00. The molecule has 12 heavy (non-hydrogen) atoms. The maximum absolute atomic E-state index is 11.0. The molecule has 0 atom stereocenters. The van der Waals surface area contributed by atoms with E-state index in [1.165, 1.54) is 7.11 Å². The summed E-state index contributed by atoms with van der Waals surface area (Å²) >= 11 is 1.94. The molecule has 0 spiro atoms. The summed E-state index contributed by atoms with van der Waals surface area (Å²) in [6.07, 6.45) is 1.55. The van der Waals surface area contributed by atoms with E-state index in [2.05, 4.69) is 13.3 Å². The predicted molar refractivity (Wildman–Crippen MR) is 53.2 cm³/mol. The Bertz CT molecular complexity index is 290. The quantitative estimate of drug-likeness (QED) is 0.507. The van der Waals surface area contributed by atoms with Crippen LogP contribution >= 0.6 is 22.9 Å². The topological polar surface area (TPSA) is 51.2 Å². The van der Waals surface area contributed by atoms with Crippen molar-refractivity contribution in [3.05, 3.63) is 23.9 Å². The van der Waals surface area contributed by atoms with Gasteiger partial charge < -0.3 is 8.27 Å². The number of hydrogen-bond acceptors (Lipinski definition) is 4. The van der Waals surface area contributed by atoms with Gasteiger partial charge in [0.1, 0.15) is 5.82 Å². The number of carbonyl (C=O) groups excluding carboxylic acids is 1. The Morgan fingerprint density at radius 3 is 3.08 bits per heavy atom. The lowest BCUT2D eigenvalue weighted by molar-refractivity contribution is 0.0600. The van der Waals surface area contributed by atoms with Crippen LogP contribution in [0.15, 0.2) is 18.3 Å². The van der Waals surface area contributed by atoms with Crippen LogP contribution < -0.4 is 3.53 Å². The SMILES string of the molecule is COC(=O)c1ccnc(NI)c1. The second-order valence-electron chi connectivity index (χ2n) is 2.02. The van der Waals surface area contributed by atoms with Crippen molar-refractivity contribution in [3.63, 3.8) is 0 Å². The molecule has 0 aromatic carbocycles. The summed E-state index contributed by atoms with van der Waals surface area (Å²) in [4.78, 5) is 14.9. The fourth-order valence-corrected chi connectivity index (χ4v) is 1.02. The molecule has 0 fully saturated rings. The Morgan fingerprint density at radius 1 is 1.75 bits per heavy atom. The summed E-state index contributed by atoms with van der Waals surface area (Å²) in [6, 6.07) is 3.22. The van der Waals surface area contributed by atoms with E-state index in [4.69, 9.17) is 0 Å². The minimum Gasteiger partial charge on any atom is -0.465 e. The minimum atomic E-state index is -0.356. The largest absolute Gasteiger partial charge is 0.465 e. The first-order chi connectivity index (χ1) is 5.77. The average Bonchev–Trinajstić information content (AvgIpc) is 2.17. The zero-order chi connectivity index (χ0) is 8.97. The summed E-state index contributed by atoms with van der Waals surface area (Å²) in [7, 11) is 1.35. The second kappa shape index (κ2) is 4.24. The Morgan fingerprint density at radius 2 is 2.50 bits per heavy atom. The van der Waals surface area contributed by atoms with Gasteiger partial charge in [0.2, 0.25) is 0 Å². The molecule has 0 saturated carbocycles. The molecule has 64 valence electrons. The number of rotatable bonds is 2. The molecule has 0 saturated heterocycles. The number of ether oxygens (including phenoxy) is 1. The molecule has 0 bridgehead atoms. The highest BCUT2D eigenvalue weighted by Gasteiger charge is 2.04. The van der Waals surface area contributed by atoms with E-state index in [0.717, 1.165) is 0 Å². The molecule has 0 unspecified atom stereocenters. The number of aromatic nitrogens is 1. The Labute approximate surface area is 83.8 Å². The van der Waals surface area contributed by atoms with Crippen LogP contribution in [0, 0.1) is 0 Å². The number of pyridine rings is 1. The molecule has 0 radical (unpaired) electrons. The van der Waals surface area contributed by atoms with Crippen molar-refractivity contribution < 1.29 is 9.53 Å². The zero-order valence-electron chi connectivity index (χ0n) is 6.37. The summed E-state index contributed by atoms with van der Waals surface area (Å²) in [6.45, 7) is 0. The van der Waals surface area contributed by atoms with Crippen LogP contribution in [0.25, 0.3) is 0 Å². The minimum absolute atomic E-state index is 0.356. The number of nitrogens with zero attached hydrogens (tertiary/aromatic N) is 1. The van der Waals surface area contributed by atoms with Crippen LogP contribution in [0.4, 0.5) is 5.82 Å². The van der Waals surface area contributed by atoms with Crippen molar-refractivity contribution in [2.45, 2.75) is 0 Å². The van der Waals surface area contributed by atoms with Gasteiger partial charge >= 0.3 is 5.97 Å². The molecule has 5 heteroatoms. The van der Waals surface area contributed by atoms with Gasteiger partial charge in [0.25, 0.3) is 0 Å². The summed E-state index contributed by atoms with van der Waals surface area (Å²) in [5, 5.41) is 0. The van der Waals surface area contributed by atoms with E-state index in [1.807, 2.05) is 22.9 Å². The number of halogens is 1. The third-order valence-corrected chi connectivity index (χ3v) is 1.83. The molecule has 0 aliphatic heterocycles. The van der Waals surface area contributed by atoms with Gasteiger partial charge in [-0.1, -0.05) is 0 Å². The lowest BCUT2D eigenvalue weighted by atomic mass is 10.3. The molecule has 0 amide bonds. The maximum Gasteiger partial charge on any atom is 0.338 e. The summed E-state index contributed by atoms with van der Waals surface area (Å²) < 4.78 is 7.34. The van der Waals surface area contributed by atoms with Gasteiger partial charge in [-0.3, -0.25) is 0 Å². The highest BCUT2D eigenvalue weighted by molar-refractivity contribution is 14.1. The molecule has 0 aliphatic carbocycles. The van der Waals surface area contributed by atoms with E-state index >= 15 is 0 Å². The third-order valence-electron chi connectivity index (χ3n) is 1.28. The fourth-order valence-electron chi connectivity index (χ4n) is 0.727. The zero-order valence-corrected chi connectivity index (χ0v) is 8.53. The third kappa shape index (κ3) is 2.07. The highest BCUT2D eigenvalue weighted by atomic mass is 127. The van der Waals surface area contributed by atoms with Crippen molar-refractivity contribution in [1.82, 2.24) is 4.98 Å². The van der Waals surface area contributed by atoms with Crippen molar-refractivity contribution >= 4 is 34.7 Å². The van der Waals surface area contributed by atoms with E-state index in [-0.39, 0.29) is 5.97 Å². The maximum atomic E-state index is 11.0. The Balaban J connectivity index is 2.93. The van der Waals surface area contributed by atoms with Gasteiger partial charge in [-0.25, -0.2) is 9.78 Å². The molecule has 1 aromatic rings. The van der Waals surface area contributed by atoms with Crippen LogP contribution in [0.5, 0.6) is 0 Å². The molecule has 0 aliphatic rings. The van der Waals surface area contributed by atoms with Gasteiger partial charge in [-0.15, -0.1) is 0 Å². The van der Waals surface area contributed by atoms with E-state index in [1.54, 1.807) is 18.3 Å². The fraction of sp³-hybridized carbons (Fsp3) is 0.143. The number of anilines is 1. The molecule has 1 rings (SSSR count). The number of hydrogen-bond donors (Lipinski definition) is 1. The number of carbonyl (C=O) groups is 1. The second-order valence-corrected chi connectivity index (χ2v) is 2.56. The van der Waals surface area contributed by atoms with Crippen molar-refractivity contribution in [1.29, 1.82) is 0 Å². The van der Waals surface area contributed by atoms with E-state index in [0.29, 0.717) is 11.4 Å². The van der Waals surface area contributed by atoms with Crippen LogP contribution in [0.2, 0.25) is 0 Å². The van der Waals surface area contributed by atoms with Crippen molar-refractivity contribution in [2.75, 3.05) is 10.6 Å². The van der Waals surface area contributed by atoms with Gasteiger partial charge in [0, 0.05) is 6.20 Å². The van der Waals surface area contributed by atoms with Gasteiger partial charge in [0.15, 0.2) is 0 Å². The standard InChI is InChI=1S/C7H7IN2O2/c1-12-7(11)5-2-3-9-6(4-5)10-8/h2-4H,1H3,(H,9,10). The molecule has 1 heterocycles. The van der Waals surface area contributed by atoms with Gasteiger partial charge in [0.05, 0.1) is 35.5 Å². The van der Waals surface area contributed by atoms with Crippen LogP contribution in [-0.2, 0) is 4.74 Å². The average molecular weight is 278 g/mol. The van der Waals surface area contributed by atoms with Crippen LogP contribution in [0.3, 0.4) is 0 Å². The molecular formula is C7H7IN2O2. The van der Waals surface area contributed by atoms with Gasteiger partial charge in [-0.05, 0) is 12.1 Å². The molecule has 4 nitrogen and oxygen atoms in total. The molecule has 1 aromatic heterocycles.